The lowest BCUT2D eigenvalue weighted by Crippen LogP contribution is -1.98. The SMILES string of the molecule is N=CC(=O)CCSc1ccccc1. The highest BCUT2D eigenvalue weighted by Gasteiger charge is 1.97. The Bertz CT molecular complexity index is 284. The zero-order valence-corrected chi connectivity index (χ0v) is 8.01. The van der Waals surface area contributed by atoms with E-state index in [0.29, 0.717) is 6.42 Å². The molecule has 2 nitrogen and oxygen atoms in total. The molecule has 13 heavy (non-hydrogen) atoms. The molecule has 0 aromatic heterocycles. The molecule has 0 unspecified atom stereocenters. The van der Waals surface area contributed by atoms with Crippen LogP contribution in [0.4, 0.5) is 0 Å². The second kappa shape index (κ2) is 5.54. The highest BCUT2D eigenvalue weighted by molar-refractivity contribution is 7.99. The van der Waals surface area contributed by atoms with E-state index in [1.54, 1.807) is 11.8 Å². The van der Waals surface area contributed by atoms with Crippen LogP contribution in [0.2, 0.25) is 0 Å². The molecule has 1 rings (SSSR count). The van der Waals surface area contributed by atoms with Gasteiger partial charge in [0.25, 0.3) is 0 Å². The molecule has 0 bridgehead atoms. The van der Waals surface area contributed by atoms with Gasteiger partial charge in [0.15, 0.2) is 5.78 Å². The van der Waals surface area contributed by atoms with E-state index in [1.165, 1.54) is 4.90 Å². The number of carbonyl (C=O) groups excluding carboxylic acids is 1. The number of rotatable bonds is 5. The van der Waals surface area contributed by atoms with E-state index in [9.17, 15) is 4.79 Å². The maximum absolute atomic E-state index is 10.7. The van der Waals surface area contributed by atoms with Crippen LogP contribution in [0.25, 0.3) is 0 Å². The van der Waals surface area contributed by atoms with Crippen LogP contribution in [0.15, 0.2) is 35.2 Å². The fourth-order valence-corrected chi connectivity index (χ4v) is 1.75. The maximum atomic E-state index is 10.7. The molecule has 68 valence electrons. The lowest BCUT2D eigenvalue weighted by atomic mass is 10.3. The lowest BCUT2D eigenvalue weighted by molar-refractivity contribution is -0.112. The summed E-state index contributed by atoms with van der Waals surface area (Å²) in [6.07, 6.45) is 1.33. The number of hydrogen-bond donors (Lipinski definition) is 1. The third-order valence-electron chi connectivity index (χ3n) is 1.52. The largest absolute Gasteiger partial charge is 0.305 e. The van der Waals surface area contributed by atoms with Crippen LogP contribution in [0.3, 0.4) is 0 Å². The Labute approximate surface area is 81.9 Å². The van der Waals surface area contributed by atoms with Gasteiger partial charge in [-0.25, -0.2) is 0 Å². The molecule has 0 amide bonds. The first-order chi connectivity index (χ1) is 6.33. The minimum absolute atomic E-state index is 0.108. The molecule has 0 fully saturated rings. The van der Waals surface area contributed by atoms with Crippen LogP contribution >= 0.6 is 11.8 Å². The first-order valence-corrected chi connectivity index (χ1v) is 5.02. The molecule has 0 aliphatic rings. The molecule has 3 heteroatoms. The molecule has 1 aromatic carbocycles. The summed E-state index contributed by atoms with van der Waals surface area (Å²) in [5.74, 6) is 0.640. The summed E-state index contributed by atoms with van der Waals surface area (Å²) in [4.78, 5) is 11.9. The van der Waals surface area contributed by atoms with Gasteiger partial charge in [0.1, 0.15) is 0 Å². The molecular formula is C10H11NOS. The summed E-state index contributed by atoms with van der Waals surface area (Å²) in [7, 11) is 0. The van der Waals surface area contributed by atoms with Gasteiger partial charge in [-0.15, -0.1) is 11.8 Å². The predicted molar refractivity (Wildman–Crippen MR) is 55.6 cm³/mol. The Kier molecular flexibility index (Phi) is 4.26. The van der Waals surface area contributed by atoms with E-state index in [4.69, 9.17) is 5.41 Å². The molecule has 1 N–H and O–H groups in total. The van der Waals surface area contributed by atoms with E-state index in [2.05, 4.69) is 0 Å². The van der Waals surface area contributed by atoms with E-state index >= 15 is 0 Å². The molecule has 0 radical (unpaired) electrons. The summed E-state index contributed by atoms with van der Waals surface area (Å²) in [6.45, 7) is 0. The van der Waals surface area contributed by atoms with Crippen molar-refractivity contribution in [1.82, 2.24) is 0 Å². The van der Waals surface area contributed by atoms with Gasteiger partial charge < -0.3 is 5.41 Å². The Balaban J connectivity index is 2.28. The second-order valence-electron chi connectivity index (χ2n) is 2.52. The Morgan fingerprint density at radius 3 is 2.69 bits per heavy atom. The van der Waals surface area contributed by atoms with E-state index in [1.807, 2.05) is 30.3 Å². The minimum Gasteiger partial charge on any atom is -0.305 e. The Morgan fingerprint density at radius 1 is 1.38 bits per heavy atom. The number of Topliss-reactive ketones (excluding diaryl/α,β-unsaturated/α-hetero) is 1. The van der Waals surface area contributed by atoms with Crippen LogP contribution < -0.4 is 0 Å². The maximum Gasteiger partial charge on any atom is 0.173 e. The molecule has 0 saturated heterocycles. The van der Waals surface area contributed by atoms with Gasteiger partial charge in [-0.1, -0.05) is 18.2 Å². The molecule has 0 saturated carbocycles. The van der Waals surface area contributed by atoms with Gasteiger partial charge in [-0.3, -0.25) is 4.79 Å². The average molecular weight is 193 g/mol. The molecule has 0 aliphatic heterocycles. The first kappa shape index (κ1) is 9.99. The van der Waals surface area contributed by atoms with Gasteiger partial charge in [0.05, 0.1) is 6.21 Å². The molecule has 0 atom stereocenters. The van der Waals surface area contributed by atoms with Crippen LogP contribution in [0.1, 0.15) is 6.42 Å². The summed E-state index contributed by atoms with van der Waals surface area (Å²) >= 11 is 1.64. The monoisotopic (exact) mass is 193 g/mol. The van der Waals surface area contributed by atoms with Crippen molar-refractivity contribution in [3.8, 4) is 0 Å². The van der Waals surface area contributed by atoms with Gasteiger partial charge in [0.2, 0.25) is 0 Å². The number of ketones is 1. The van der Waals surface area contributed by atoms with Crippen molar-refractivity contribution >= 4 is 23.8 Å². The molecular weight excluding hydrogens is 182 g/mol. The lowest BCUT2D eigenvalue weighted by Gasteiger charge is -1.97. The highest BCUT2D eigenvalue weighted by Crippen LogP contribution is 2.17. The van der Waals surface area contributed by atoms with Crippen molar-refractivity contribution < 1.29 is 4.79 Å². The fraction of sp³-hybridized carbons (Fsp3) is 0.200. The standard InChI is InChI=1S/C10H11NOS/c11-8-9(12)6-7-13-10-4-2-1-3-5-10/h1-5,8,11H,6-7H2. The van der Waals surface area contributed by atoms with Gasteiger partial charge in [-0.05, 0) is 12.1 Å². The molecule has 0 spiro atoms. The zero-order valence-electron chi connectivity index (χ0n) is 7.19. The molecule has 1 aromatic rings. The predicted octanol–water partition coefficient (Wildman–Crippen LogP) is 2.39. The highest BCUT2D eigenvalue weighted by atomic mass is 32.2. The van der Waals surface area contributed by atoms with Gasteiger partial charge >= 0.3 is 0 Å². The second-order valence-corrected chi connectivity index (χ2v) is 3.69. The third kappa shape index (κ3) is 3.90. The summed E-state index contributed by atoms with van der Waals surface area (Å²) in [5, 5.41) is 6.71. The molecule has 0 heterocycles. The van der Waals surface area contributed by atoms with Crippen LogP contribution in [-0.2, 0) is 4.79 Å². The van der Waals surface area contributed by atoms with E-state index in [0.717, 1.165) is 12.0 Å². The van der Waals surface area contributed by atoms with Crippen molar-refractivity contribution in [2.45, 2.75) is 11.3 Å². The van der Waals surface area contributed by atoms with Crippen LogP contribution in [0.5, 0.6) is 0 Å². The van der Waals surface area contributed by atoms with Crippen molar-refractivity contribution in [3.63, 3.8) is 0 Å². The minimum atomic E-state index is -0.108. The van der Waals surface area contributed by atoms with E-state index < -0.39 is 0 Å². The first-order valence-electron chi connectivity index (χ1n) is 4.04. The fourth-order valence-electron chi connectivity index (χ4n) is 0.858. The normalized spacial score (nSPS) is 9.54. The number of nitrogens with one attached hydrogen (secondary N) is 1. The quantitative estimate of drug-likeness (QED) is 0.576. The average Bonchev–Trinajstić information content (AvgIpc) is 2.19. The van der Waals surface area contributed by atoms with Crippen molar-refractivity contribution in [1.29, 1.82) is 5.41 Å². The molecule has 0 aliphatic carbocycles. The van der Waals surface area contributed by atoms with Crippen molar-refractivity contribution in [3.05, 3.63) is 30.3 Å². The number of thioether (sulfide) groups is 1. The van der Waals surface area contributed by atoms with Crippen molar-refractivity contribution in [2.75, 3.05) is 5.75 Å². The topological polar surface area (TPSA) is 40.9 Å². The smallest absolute Gasteiger partial charge is 0.173 e. The van der Waals surface area contributed by atoms with Crippen molar-refractivity contribution in [2.24, 2.45) is 0 Å². The third-order valence-corrected chi connectivity index (χ3v) is 2.54. The number of hydrogen-bond acceptors (Lipinski definition) is 3. The summed E-state index contributed by atoms with van der Waals surface area (Å²) in [6, 6.07) is 9.94. The number of benzene rings is 1. The van der Waals surface area contributed by atoms with Crippen LogP contribution in [0, 0.1) is 5.41 Å². The Hall–Kier alpha value is -1.09. The summed E-state index contributed by atoms with van der Waals surface area (Å²) < 4.78 is 0. The number of carbonyl (C=O) groups is 1. The summed E-state index contributed by atoms with van der Waals surface area (Å²) in [5.41, 5.74) is 0. The van der Waals surface area contributed by atoms with Gasteiger partial charge in [-0.2, -0.15) is 0 Å². The zero-order chi connectivity index (χ0) is 9.52. The van der Waals surface area contributed by atoms with E-state index in [-0.39, 0.29) is 5.78 Å². The Morgan fingerprint density at radius 2 is 2.08 bits per heavy atom. The van der Waals surface area contributed by atoms with Gasteiger partial charge in [0, 0.05) is 17.1 Å². The van der Waals surface area contributed by atoms with Crippen LogP contribution in [-0.4, -0.2) is 17.8 Å².